The fourth-order valence-corrected chi connectivity index (χ4v) is 1.44. The van der Waals surface area contributed by atoms with Crippen LogP contribution in [0.25, 0.3) is 0 Å². The number of carboxylic acids is 2. The first-order valence-corrected chi connectivity index (χ1v) is 6.24. The Labute approximate surface area is 120 Å². The van der Waals surface area contributed by atoms with E-state index in [-0.39, 0.29) is 18.6 Å². The van der Waals surface area contributed by atoms with E-state index >= 15 is 0 Å². The van der Waals surface area contributed by atoms with Gasteiger partial charge in [0, 0.05) is 12.2 Å². The third-order valence-electron chi connectivity index (χ3n) is 2.33. The van der Waals surface area contributed by atoms with Crippen LogP contribution in [0.15, 0.2) is 0 Å². The van der Waals surface area contributed by atoms with Gasteiger partial charge in [0.25, 0.3) is 0 Å². The van der Waals surface area contributed by atoms with Crippen LogP contribution in [-0.4, -0.2) is 63.2 Å². The molecule has 2 amide bonds. The zero-order valence-corrected chi connectivity index (χ0v) is 11.5. The molecule has 0 unspecified atom stereocenters. The average molecular weight is 307 g/mol. The van der Waals surface area contributed by atoms with E-state index in [0.717, 1.165) is 0 Å². The van der Waals surface area contributed by atoms with Gasteiger partial charge in [-0.15, -0.1) is 0 Å². The summed E-state index contributed by atoms with van der Waals surface area (Å²) >= 11 is 3.79. The quantitative estimate of drug-likeness (QED) is 0.317. The van der Waals surface area contributed by atoms with Crippen molar-refractivity contribution in [1.29, 1.82) is 0 Å². The van der Waals surface area contributed by atoms with Crippen molar-refractivity contribution in [2.45, 2.75) is 24.9 Å². The molecule has 0 aliphatic rings. The molecule has 0 aromatic heterocycles. The number of hydrogen-bond acceptors (Lipinski definition) is 7. The van der Waals surface area contributed by atoms with Crippen molar-refractivity contribution < 1.29 is 29.4 Å². The second-order valence-electron chi connectivity index (χ2n) is 3.98. The fourth-order valence-electron chi connectivity index (χ4n) is 1.28. The minimum absolute atomic E-state index is 0.0768. The molecule has 114 valence electrons. The van der Waals surface area contributed by atoms with E-state index in [1.807, 2.05) is 0 Å². The Kier molecular flexibility index (Phi) is 7.80. The zero-order valence-electron chi connectivity index (χ0n) is 10.6. The van der Waals surface area contributed by atoms with Crippen LogP contribution in [0.4, 0.5) is 0 Å². The Morgan fingerprint density at radius 1 is 1.00 bits per heavy atom. The molecule has 0 aliphatic heterocycles. The van der Waals surface area contributed by atoms with Crippen LogP contribution < -0.4 is 11.5 Å². The summed E-state index contributed by atoms with van der Waals surface area (Å²) in [6, 6.07) is -2.44. The van der Waals surface area contributed by atoms with Crippen LogP contribution in [-0.2, 0) is 19.2 Å². The molecule has 0 spiro atoms. The van der Waals surface area contributed by atoms with Gasteiger partial charge in [0.1, 0.15) is 6.54 Å². The largest absolute Gasteiger partial charge is 0.481 e. The minimum atomic E-state index is -1.41. The summed E-state index contributed by atoms with van der Waals surface area (Å²) in [5.74, 6) is -4.54. The van der Waals surface area contributed by atoms with Crippen molar-refractivity contribution in [3.63, 3.8) is 0 Å². The van der Waals surface area contributed by atoms with Gasteiger partial charge in [0.15, 0.2) is 0 Å². The molecule has 0 saturated heterocycles. The highest BCUT2D eigenvalue weighted by atomic mass is 32.1. The molecule has 2 atom stereocenters. The number of amides is 2. The van der Waals surface area contributed by atoms with Crippen LogP contribution in [0.1, 0.15) is 12.8 Å². The molecule has 0 aliphatic carbocycles. The Hall–Kier alpha value is -1.65. The zero-order chi connectivity index (χ0) is 15.9. The summed E-state index contributed by atoms with van der Waals surface area (Å²) in [5, 5.41) is 17.2. The molecule has 6 N–H and O–H groups in total. The predicted molar refractivity (Wildman–Crippen MR) is 71.0 cm³/mol. The average Bonchev–Trinajstić information content (AvgIpc) is 2.39. The number of rotatable bonds is 8. The SMILES string of the molecule is N[C@@H](CS)C(=O)N(CC(=O)O)C(=O)[C@@H](N)CCC(=O)O. The van der Waals surface area contributed by atoms with E-state index in [9.17, 15) is 19.2 Å². The highest BCUT2D eigenvalue weighted by molar-refractivity contribution is 7.80. The van der Waals surface area contributed by atoms with E-state index in [2.05, 4.69) is 12.6 Å². The summed E-state index contributed by atoms with van der Waals surface area (Å²) in [4.78, 5) is 45.2. The Bertz CT molecular complexity index is 402. The molecule has 0 aromatic carbocycles. The van der Waals surface area contributed by atoms with Gasteiger partial charge in [-0.25, -0.2) is 0 Å². The van der Waals surface area contributed by atoms with E-state index in [0.29, 0.717) is 4.90 Å². The molecule has 9 nitrogen and oxygen atoms in total. The van der Waals surface area contributed by atoms with Gasteiger partial charge in [-0.3, -0.25) is 24.1 Å². The van der Waals surface area contributed by atoms with Crippen molar-refractivity contribution in [2.75, 3.05) is 12.3 Å². The molecular formula is C10H17N3O6S. The van der Waals surface area contributed by atoms with Crippen molar-refractivity contribution in [2.24, 2.45) is 11.5 Å². The molecule has 0 saturated carbocycles. The second kappa shape index (κ2) is 8.51. The van der Waals surface area contributed by atoms with E-state index in [1.54, 1.807) is 0 Å². The molecule has 0 fully saturated rings. The molecular weight excluding hydrogens is 290 g/mol. The highest BCUT2D eigenvalue weighted by Gasteiger charge is 2.31. The maximum absolute atomic E-state index is 11.9. The lowest BCUT2D eigenvalue weighted by Gasteiger charge is -2.24. The van der Waals surface area contributed by atoms with Gasteiger partial charge in [-0.1, -0.05) is 0 Å². The Morgan fingerprint density at radius 2 is 1.50 bits per heavy atom. The third-order valence-corrected chi connectivity index (χ3v) is 2.72. The summed E-state index contributed by atoms with van der Waals surface area (Å²) in [6.45, 7) is -0.889. The number of imide groups is 1. The predicted octanol–water partition coefficient (Wildman–Crippen LogP) is -2.12. The smallest absolute Gasteiger partial charge is 0.323 e. The fraction of sp³-hybridized carbons (Fsp3) is 0.600. The summed E-state index contributed by atoms with van der Waals surface area (Å²) < 4.78 is 0. The molecule has 0 radical (unpaired) electrons. The topological polar surface area (TPSA) is 164 Å². The number of nitrogens with zero attached hydrogens (tertiary/aromatic N) is 1. The monoisotopic (exact) mass is 307 g/mol. The van der Waals surface area contributed by atoms with Crippen molar-refractivity contribution in [3.8, 4) is 0 Å². The first-order valence-electron chi connectivity index (χ1n) is 5.61. The molecule has 20 heavy (non-hydrogen) atoms. The Morgan fingerprint density at radius 3 is 1.90 bits per heavy atom. The van der Waals surface area contributed by atoms with E-state index < -0.39 is 42.4 Å². The maximum atomic E-state index is 11.9. The van der Waals surface area contributed by atoms with Gasteiger partial charge in [-0.05, 0) is 6.42 Å². The van der Waals surface area contributed by atoms with E-state index in [4.69, 9.17) is 21.7 Å². The van der Waals surface area contributed by atoms with Crippen LogP contribution in [0.3, 0.4) is 0 Å². The number of carboxylic acid groups (broad SMARTS) is 2. The van der Waals surface area contributed by atoms with Crippen molar-refractivity contribution >= 4 is 36.4 Å². The van der Waals surface area contributed by atoms with Gasteiger partial charge < -0.3 is 21.7 Å². The summed E-state index contributed by atoms with van der Waals surface area (Å²) in [7, 11) is 0. The number of thiol groups is 1. The third kappa shape index (κ3) is 5.99. The van der Waals surface area contributed by atoms with Gasteiger partial charge in [0.2, 0.25) is 11.8 Å². The molecule has 10 heteroatoms. The first kappa shape index (κ1) is 18.4. The minimum Gasteiger partial charge on any atom is -0.481 e. The number of carbonyl (C=O) groups is 4. The number of carbonyl (C=O) groups excluding carboxylic acids is 2. The maximum Gasteiger partial charge on any atom is 0.323 e. The molecule has 0 heterocycles. The second-order valence-corrected chi connectivity index (χ2v) is 4.35. The van der Waals surface area contributed by atoms with Crippen LogP contribution in [0.5, 0.6) is 0 Å². The lowest BCUT2D eigenvalue weighted by atomic mass is 10.1. The lowest BCUT2D eigenvalue weighted by molar-refractivity contribution is -0.153. The van der Waals surface area contributed by atoms with Crippen LogP contribution in [0, 0.1) is 0 Å². The van der Waals surface area contributed by atoms with Gasteiger partial charge >= 0.3 is 11.9 Å². The molecule has 0 aromatic rings. The lowest BCUT2D eigenvalue weighted by Crippen LogP contribution is -2.54. The van der Waals surface area contributed by atoms with Crippen molar-refractivity contribution in [1.82, 2.24) is 4.90 Å². The standard InChI is InChI=1S/C10H17N3O6S/c11-5(1-2-7(14)15)9(18)13(3-8(16)17)10(19)6(12)4-20/h5-6,20H,1-4,11-12H2,(H,14,15)(H,16,17)/t5-,6-/m0/s1. The van der Waals surface area contributed by atoms with Crippen LogP contribution in [0.2, 0.25) is 0 Å². The normalized spacial score (nSPS) is 13.3. The summed E-state index contributed by atoms with van der Waals surface area (Å²) in [5.41, 5.74) is 10.9. The van der Waals surface area contributed by atoms with Gasteiger partial charge in [0.05, 0.1) is 12.1 Å². The first-order chi connectivity index (χ1) is 9.20. The van der Waals surface area contributed by atoms with Gasteiger partial charge in [-0.2, -0.15) is 12.6 Å². The van der Waals surface area contributed by atoms with E-state index in [1.165, 1.54) is 0 Å². The highest BCUT2D eigenvalue weighted by Crippen LogP contribution is 2.04. The molecule has 0 bridgehead atoms. The number of nitrogens with two attached hydrogens (primary N) is 2. The van der Waals surface area contributed by atoms with Crippen molar-refractivity contribution in [3.05, 3.63) is 0 Å². The number of hydrogen-bond donors (Lipinski definition) is 5. The Balaban J connectivity index is 4.93. The van der Waals surface area contributed by atoms with Crippen LogP contribution >= 0.6 is 12.6 Å². The molecule has 0 rings (SSSR count). The number of aliphatic carboxylic acids is 2. The summed E-state index contributed by atoms with van der Waals surface area (Å²) in [6.07, 6.45) is -0.589.